The lowest BCUT2D eigenvalue weighted by molar-refractivity contribution is -0.132. The smallest absolute Gasteiger partial charge is 0.300 e. The van der Waals surface area contributed by atoms with E-state index in [1.807, 2.05) is 0 Å². The van der Waals surface area contributed by atoms with Crippen molar-refractivity contribution in [3.05, 3.63) is 101 Å². The van der Waals surface area contributed by atoms with E-state index in [2.05, 4.69) is 0 Å². The summed E-state index contributed by atoms with van der Waals surface area (Å²) >= 11 is 0. The molecule has 1 aliphatic rings. The first-order chi connectivity index (χ1) is 15.4. The zero-order valence-corrected chi connectivity index (χ0v) is 17.1. The van der Waals surface area contributed by atoms with E-state index in [1.54, 1.807) is 55.5 Å². The van der Waals surface area contributed by atoms with E-state index in [1.165, 1.54) is 6.07 Å². The lowest BCUT2D eigenvalue weighted by Crippen LogP contribution is -2.30. The summed E-state index contributed by atoms with van der Waals surface area (Å²) in [6.07, 6.45) is 0. The van der Waals surface area contributed by atoms with Crippen LogP contribution in [0.1, 0.15) is 24.1 Å². The summed E-state index contributed by atoms with van der Waals surface area (Å²) < 4.78 is 34.0. The summed E-state index contributed by atoms with van der Waals surface area (Å²) in [5, 5.41) is 11.1. The number of nitrogens with zero attached hydrogens (tertiary/aromatic N) is 1. The van der Waals surface area contributed by atoms with E-state index in [0.717, 1.165) is 23.1 Å². The highest BCUT2D eigenvalue weighted by Crippen LogP contribution is 2.43. The normalized spacial score (nSPS) is 17.6. The van der Waals surface area contributed by atoms with E-state index < -0.39 is 35.1 Å². The zero-order chi connectivity index (χ0) is 22.8. The van der Waals surface area contributed by atoms with Crippen LogP contribution in [-0.2, 0) is 9.59 Å². The van der Waals surface area contributed by atoms with Crippen LogP contribution >= 0.6 is 0 Å². The molecule has 162 valence electrons. The molecule has 4 rings (SSSR count). The van der Waals surface area contributed by atoms with Crippen LogP contribution in [0, 0.1) is 11.6 Å². The van der Waals surface area contributed by atoms with Crippen LogP contribution in [-0.4, -0.2) is 23.4 Å². The van der Waals surface area contributed by atoms with E-state index in [-0.39, 0.29) is 16.8 Å². The van der Waals surface area contributed by atoms with Crippen LogP contribution in [0.25, 0.3) is 5.76 Å². The first kappa shape index (κ1) is 21.2. The fourth-order valence-electron chi connectivity index (χ4n) is 3.76. The lowest BCUT2D eigenvalue weighted by Gasteiger charge is -2.25. The lowest BCUT2D eigenvalue weighted by atomic mass is 9.95. The molecule has 1 saturated heterocycles. The molecule has 1 fully saturated rings. The van der Waals surface area contributed by atoms with Gasteiger partial charge in [0.25, 0.3) is 11.7 Å². The van der Waals surface area contributed by atoms with Crippen molar-refractivity contribution < 1.29 is 28.2 Å². The molecule has 1 unspecified atom stereocenters. The second-order valence-corrected chi connectivity index (χ2v) is 7.14. The maximum Gasteiger partial charge on any atom is 0.300 e. The molecule has 0 bridgehead atoms. The first-order valence-corrected chi connectivity index (χ1v) is 9.96. The quantitative estimate of drug-likeness (QED) is 0.348. The van der Waals surface area contributed by atoms with Gasteiger partial charge in [-0.1, -0.05) is 42.5 Å². The second-order valence-electron chi connectivity index (χ2n) is 7.14. The molecule has 1 aliphatic heterocycles. The van der Waals surface area contributed by atoms with Crippen molar-refractivity contribution in [2.24, 2.45) is 0 Å². The van der Waals surface area contributed by atoms with Gasteiger partial charge in [-0.15, -0.1) is 0 Å². The minimum Gasteiger partial charge on any atom is -0.507 e. The number of rotatable bonds is 5. The molecular weight excluding hydrogens is 416 g/mol. The Bertz CT molecular complexity index is 1220. The number of carbonyl (C=O) groups excluding carboxylic acids is 2. The molecule has 5 nitrogen and oxygen atoms in total. The van der Waals surface area contributed by atoms with Crippen LogP contribution in [0.2, 0.25) is 0 Å². The van der Waals surface area contributed by atoms with Crippen LogP contribution in [0.5, 0.6) is 5.75 Å². The maximum atomic E-state index is 14.6. The van der Waals surface area contributed by atoms with Crippen molar-refractivity contribution in [1.82, 2.24) is 0 Å². The second kappa shape index (κ2) is 8.63. The number of amides is 1. The minimum atomic E-state index is -1.15. The Hall–Kier alpha value is -4.00. The highest BCUT2D eigenvalue weighted by atomic mass is 19.1. The molecule has 3 aromatic rings. The third kappa shape index (κ3) is 3.73. The van der Waals surface area contributed by atoms with Crippen LogP contribution in [0.3, 0.4) is 0 Å². The molecule has 0 radical (unpaired) electrons. The number of aliphatic hydroxyl groups is 1. The number of hydrogen-bond acceptors (Lipinski definition) is 4. The summed E-state index contributed by atoms with van der Waals surface area (Å²) in [6.45, 7) is 2.21. The maximum absolute atomic E-state index is 14.6. The van der Waals surface area contributed by atoms with E-state index in [4.69, 9.17) is 4.74 Å². The van der Waals surface area contributed by atoms with Gasteiger partial charge < -0.3 is 9.84 Å². The van der Waals surface area contributed by atoms with Crippen molar-refractivity contribution in [3.63, 3.8) is 0 Å². The molecule has 7 heteroatoms. The van der Waals surface area contributed by atoms with E-state index in [0.29, 0.717) is 17.9 Å². The SMILES string of the molecule is CCOc1cccc(/C(O)=C2\C(=O)C(=O)N(c3cc(F)ccc3F)C2c2ccccc2)c1. The molecule has 1 atom stereocenters. The van der Waals surface area contributed by atoms with E-state index >= 15 is 0 Å². The minimum absolute atomic E-state index is 0.224. The highest BCUT2D eigenvalue weighted by Gasteiger charge is 2.47. The fraction of sp³-hybridized carbons (Fsp3) is 0.120. The Kier molecular flexibility index (Phi) is 5.73. The molecule has 0 aliphatic carbocycles. The van der Waals surface area contributed by atoms with Gasteiger partial charge in [0.05, 0.1) is 23.9 Å². The number of anilines is 1. The number of carbonyl (C=O) groups is 2. The Morgan fingerprint density at radius 3 is 2.47 bits per heavy atom. The van der Waals surface area contributed by atoms with Gasteiger partial charge in [0, 0.05) is 11.6 Å². The van der Waals surface area contributed by atoms with Crippen molar-refractivity contribution >= 4 is 23.1 Å². The van der Waals surface area contributed by atoms with Crippen LogP contribution in [0.4, 0.5) is 14.5 Å². The largest absolute Gasteiger partial charge is 0.507 e. The average molecular weight is 435 g/mol. The molecule has 1 heterocycles. The van der Waals surface area contributed by atoms with Crippen molar-refractivity contribution in [2.45, 2.75) is 13.0 Å². The molecule has 3 aromatic carbocycles. The highest BCUT2D eigenvalue weighted by molar-refractivity contribution is 6.51. The third-order valence-corrected chi connectivity index (χ3v) is 5.15. The number of ketones is 1. The predicted molar refractivity (Wildman–Crippen MR) is 115 cm³/mol. The fourth-order valence-corrected chi connectivity index (χ4v) is 3.76. The van der Waals surface area contributed by atoms with Gasteiger partial charge in [0.15, 0.2) is 0 Å². The van der Waals surface area contributed by atoms with E-state index in [9.17, 15) is 23.5 Å². The van der Waals surface area contributed by atoms with Crippen molar-refractivity contribution in [2.75, 3.05) is 11.5 Å². The monoisotopic (exact) mass is 435 g/mol. The summed E-state index contributed by atoms with van der Waals surface area (Å²) in [5.74, 6) is -3.66. The first-order valence-electron chi connectivity index (χ1n) is 9.96. The van der Waals surface area contributed by atoms with Crippen molar-refractivity contribution in [3.8, 4) is 5.75 Å². The molecule has 0 aromatic heterocycles. The summed E-state index contributed by atoms with van der Waals surface area (Å²) in [6, 6.07) is 16.3. The van der Waals surface area contributed by atoms with Gasteiger partial charge in [-0.25, -0.2) is 8.78 Å². The molecule has 32 heavy (non-hydrogen) atoms. The average Bonchev–Trinajstić information content (AvgIpc) is 3.06. The van der Waals surface area contributed by atoms with Gasteiger partial charge in [-0.05, 0) is 36.8 Å². The number of ether oxygens (including phenoxy) is 1. The summed E-state index contributed by atoms with van der Waals surface area (Å²) in [7, 11) is 0. The molecule has 0 saturated carbocycles. The standard InChI is InChI=1S/C25H19F2NO4/c1-2-32-18-10-6-9-16(13-18)23(29)21-22(15-7-4-3-5-8-15)28(25(31)24(21)30)20-14-17(26)11-12-19(20)27/h3-14,22,29H,2H2,1H3/b23-21+. The topological polar surface area (TPSA) is 66.8 Å². The Morgan fingerprint density at radius 2 is 1.75 bits per heavy atom. The van der Waals surface area contributed by atoms with Gasteiger partial charge in [-0.2, -0.15) is 0 Å². The number of halogens is 2. The van der Waals surface area contributed by atoms with Gasteiger partial charge in [0.2, 0.25) is 0 Å². The molecule has 0 spiro atoms. The molecular formula is C25H19F2NO4. The summed E-state index contributed by atoms with van der Waals surface area (Å²) in [4.78, 5) is 26.9. The summed E-state index contributed by atoms with van der Waals surface area (Å²) in [5.41, 5.74) is 0.106. The third-order valence-electron chi connectivity index (χ3n) is 5.15. The van der Waals surface area contributed by atoms with Crippen LogP contribution < -0.4 is 9.64 Å². The van der Waals surface area contributed by atoms with Crippen LogP contribution in [0.15, 0.2) is 78.4 Å². The number of aliphatic hydroxyl groups excluding tert-OH is 1. The van der Waals surface area contributed by atoms with Gasteiger partial charge in [0.1, 0.15) is 23.1 Å². The Labute approximate surface area is 183 Å². The molecule has 1 amide bonds. The van der Waals surface area contributed by atoms with Gasteiger partial charge in [-0.3, -0.25) is 14.5 Å². The van der Waals surface area contributed by atoms with Gasteiger partial charge >= 0.3 is 0 Å². The predicted octanol–water partition coefficient (Wildman–Crippen LogP) is 4.99. The Balaban J connectivity index is 1.94. The van der Waals surface area contributed by atoms with Crippen molar-refractivity contribution in [1.29, 1.82) is 0 Å². The number of Topliss-reactive ketones (excluding diaryl/α,β-unsaturated/α-hetero) is 1. The zero-order valence-electron chi connectivity index (χ0n) is 17.1. The number of benzene rings is 3. The molecule has 1 N–H and O–H groups in total. The number of hydrogen-bond donors (Lipinski definition) is 1. The Morgan fingerprint density at radius 1 is 1.00 bits per heavy atom.